The zero-order chi connectivity index (χ0) is 9.80. The monoisotopic (exact) mass is 423 g/mol. The first-order valence-corrected chi connectivity index (χ1v) is 8.01. The average Bonchev–Trinajstić information content (AvgIpc) is 2.23. The van der Waals surface area contributed by atoms with E-state index in [-0.39, 0.29) is 21.8 Å². The predicted molar refractivity (Wildman–Crippen MR) is 61.6 cm³/mol. The molecule has 84 valence electrons. The van der Waals surface area contributed by atoms with Gasteiger partial charge in [-0.05, 0) is 0 Å². The van der Waals surface area contributed by atoms with Crippen LogP contribution in [-0.4, -0.2) is 61.7 Å². The molecule has 2 saturated heterocycles. The molecule has 0 saturated carbocycles. The van der Waals surface area contributed by atoms with E-state index in [1.807, 2.05) is 0 Å². The van der Waals surface area contributed by atoms with Crippen LogP contribution in [0, 0.1) is 0 Å². The van der Waals surface area contributed by atoms with Crippen LogP contribution >= 0.6 is 22.9 Å². The summed E-state index contributed by atoms with van der Waals surface area (Å²) in [6.07, 6.45) is 0. The van der Waals surface area contributed by atoms with Gasteiger partial charge in [0, 0.05) is 0 Å². The zero-order valence-electron chi connectivity index (χ0n) is 8.25. The van der Waals surface area contributed by atoms with E-state index < -0.39 is 0 Å². The summed E-state index contributed by atoms with van der Waals surface area (Å²) in [4.78, 5) is 0. The Bertz CT molecular complexity index is 167. The van der Waals surface area contributed by atoms with E-state index in [0.717, 1.165) is 0 Å². The Labute approximate surface area is 111 Å². The first-order valence-electron chi connectivity index (χ1n) is 5.11. The second-order valence-corrected chi connectivity index (χ2v) is 8.08. The SMILES string of the molecule is IN1CCN([I-]N2CCNCC2)CC1. The molecular weight excluding hydrogens is 406 g/mol. The van der Waals surface area contributed by atoms with Crippen LogP contribution in [0.15, 0.2) is 0 Å². The van der Waals surface area contributed by atoms with Crippen molar-refractivity contribution in [2.45, 2.75) is 0 Å². The number of hydrogen-bond donors (Lipinski definition) is 1. The van der Waals surface area contributed by atoms with Gasteiger partial charge in [-0.25, -0.2) is 0 Å². The van der Waals surface area contributed by atoms with E-state index in [1.165, 1.54) is 52.4 Å². The molecule has 2 heterocycles. The summed E-state index contributed by atoms with van der Waals surface area (Å²) in [6, 6.07) is 0. The first kappa shape index (κ1) is 11.8. The van der Waals surface area contributed by atoms with Crippen LogP contribution in [0.3, 0.4) is 0 Å². The number of nitrogens with one attached hydrogen (secondary N) is 1. The minimum atomic E-state index is 0.160. The van der Waals surface area contributed by atoms with Crippen molar-refractivity contribution < 1.29 is 21.8 Å². The van der Waals surface area contributed by atoms with Gasteiger partial charge >= 0.3 is 112 Å². The van der Waals surface area contributed by atoms with Gasteiger partial charge in [0.05, 0.1) is 0 Å². The standard InChI is InChI=1S/C8H17I2N4/c9-12-5-7-14(8-6-12)10-13-3-1-11-2-4-13/h11H,1-8H2/q-1. The molecule has 0 aliphatic carbocycles. The molecule has 1 N–H and O–H groups in total. The van der Waals surface area contributed by atoms with Crippen LogP contribution in [0.4, 0.5) is 0 Å². The third-order valence-corrected chi connectivity index (χ3v) is 6.56. The van der Waals surface area contributed by atoms with E-state index in [9.17, 15) is 0 Å². The second-order valence-electron chi connectivity index (χ2n) is 3.56. The van der Waals surface area contributed by atoms with Crippen molar-refractivity contribution in [1.82, 2.24) is 14.7 Å². The van der Waals surface area contributed by atoms with E-state index in [0.29, 0.717) is 0 Å². The molecule has 0 aromatic heterocycles. The molecule has 14 heavy (non-hydrogen) atoms. The molecule has 0 aromatic rings. The summed E-state index contributed by atoms with van der Waals surface area (Å²) in [6.45, 7) is 9.94. The van der Waals surface area contributed by atoms with Crippen molar-refractivity contribution in [1.29, 1.82) is 0 Å². The fraction of sp³-hybridized carbons (Fsp3) is 1.00. The number of piperazine rings is 2. The van der Waals surface area contributed by atoms with Crippen LogP contribution < -0.4 is 27.1 Å². The van der Waals surface area contributed by atoms with Crippen LogP contribution in [0.1, 0.15) is 0 Å². The normalized spacial score (nSPS) is 28.4. The van der Waals surface area contributed by atoms with Gasteiger partial charge in [0.2, 0.25) is 0 Å². The van der Waals surface area contributed by atoms with Crippen molar-refractivity contribution >= 4 is 22.9 Å². The molecule has 2 rings (SSSR count). The molecule has 0 spiro atoms. The van der Waals surface area contributed by atoms with Gasteiger partial charge in [-0.2, -0.15) is 0 Å². The molecule has 0 bridgehead atoms. The van der Waals surface area contributed by atoms with Crippen molar-refractivity contribution in [3.05, 3.63) is 0 Å². The maximum atomic E-state index is 3.41. The van der Waals surface area contributed by atoms with E-state index in [4.69, 9.17) is 0 Å². The zero-order valence-corrected chi connectivity index (χ0v) is 12.6. The van der Waals surface area contributed by atoms with Gasteiger partial charge in [-0.15, -0.1) is 0 Å². The van der Waals surface area contributed by atoms with Gasteiger partial charge < -0.3 is 0 Å². The van der Waals surface area contributed by atoms with Gasteiger partial charge in [0.1, 0.15) is 0 Å². The summed E-state index contributed by atoms with van der Waals surface area (Å²) in [5, 5.41) is 3.41. The summed E-state index contributed by atoms with van der Waals surface area (Å²) in [5.74, 6) is 0. The fourth-order valence-electron chi connectivity index (χ4n) is 1.60. The Balaban J connectivity index is 1.68. The molecule has 6 heteroatoms. The Hall–Kier alpha value is 1.30. The first-order chi connectivity index (χ1) is 6.84. The summed E-state index contributed by atoms with van der Waals surface area (Å²) in [7, 11) is 0. The molecule has 4 nitrogen and oxygen atoms in total. The van der Waals surface area contributed by atoms with Crippen molar-refractivity contribution in [2.24, 2.45) is 0 Å². The van der Waals surface area contributed by atoms with Gasteiger partial charge in [-0.3, -0.25) is 0 Å². The topological polar surface area (TPSA) is 21.8 Å². The van der Waals surface area contributed by atoms with Crippen LogP contribution in [0.2, 0.25) is 0 Å². The van der Waals surface area contributed by atoms with Crippen molar-refractivity contribution in [3.8, 4) is 0 Å². The molecule has 2 aliphatic rings. The van der Waals surface area contributed by atoms with Crippen molar-refractivity contribution in [2.75, 3.05) is 52.4 Å². The fourth-order valence-corrected chi connectivity index (χ4v) is 4.67. The predicted octanol–water partition coefficient (Wildman–Crippen LogP) is -3.22. The Morgan fingerprint density at radius 1 is 0.857 bits per heavy atom. The molecule has 2 aliphatic heterocycles. The van der Waals surface area contributed by atoms with Crippen LogP contribution in [0.5, 0.6) is 0 Å². The summed E-state index contributed by atoms with van der Waals surface area (Å²) < 4.78 is 7.74. The molecule has 2 fully saturated rings. The Morgan fingerprint density at radius 3 is 2.07 bits per heavy atom. The van der Waals surface area contributed by atoms with Crippen LogP contribution in [0.25, 0.3) is 0 Å². The number of halogens is 2. The number of hydrogen-bond acceptors (Lipinski definition) is 4. The maximum absolute atomic E-state index is 3.41. The summed E-state index contributed by atoms with van der Waals surface area (Å²) in [5.41, 5.74) is 0. The van der Waals surface area contributed by atoms with Crippen molar-refractivity contribution in [3.63, 3.8) is 0 Å². The third kappa shape index (κ3) is 3.71. The quantitative estimate of drug-likeness (QED) is 0.373. The molecule has 0 atom stereocenters. The van der Waals surface area contributed by atoms with E-state index in [2.05, 4.69) is 37.5 Å². The number of nitrogens with zero attached hydrogens (tertiary/aromatic N) is 3. The van der Waals surface area contributed by atoms with Gasteiger partial charge in [0.15, 0.2) is 0 Å². The minimum absolute atomic E-state index is 0.160. The third-order valence-electron chi connectivity index (χ3n) is 2.45. The van der Waals surface area contributed by atoms with E-state index in [1.54, 1.807) is 0 Å². The Kier molecular flexibility index (Phi) is 5.16. The molecule has 0 aromatic carbocycles. The van der Waals surface area contributed by atoms with Crippen LogP contribution in [-0.2, 0) is 0 Å². The Morgan fingerprint density at radius 2 is 1.43 bits per heavy atom. The number of rotatable bonds is 2. The molecular formula is C8H17I2N4-. The second kappa shape index (κ2) is 6.14. The van der Waals surface area contributed by atoms with Gasteiger partial charge in [0.25, 0.3) is 0 Å². The molecule has 0 radical (unpaired) electrons. The van der Waals surface area contributed by atoms with Gasteiger partial charge in [-0.1, -0.05) is 0 Å². The van der Waals surface area contributed by atoms with E-state index >= 15 is 0 Å². The average molecular weight is 423 g/mol. The molecule has 0 unspecified atom stereocenters. The molecule has 0 amide bonds. The summed E-state index contributed by atoms with van der Waals surface area (Å²) >= 11 is 2.59.